The summed E-state index contributed by atoms with van der Waals surface area (Å²) in [6.07, 6.45) is 3.53. The number of aromatic nitrogens is 1. The third-order valence-electron chi connectivity index (χ3n) is 3.52. The zero-order valence-corrected chi connectivity index (χ0v) is 10.3. The lowest BCUT2D eigenvalue weighted by atomic mass is 9.74. The van der Waals surface area contributed by atoms with Crippen LogP contribution in [0.5, 0.6) is 0 Å². The molecule has 1 aromatic heterocycles. The van der Waals surface area contributed by atoms with Gasteiger partial charge in [-0.15, -0.1) is 0 Å². The molecule has 0 radical (unpaired) electrons. The maximum absolute atomic E-state index is 12.0. The summed E-state index contributed by atoms with van der Waals surface area (Å²) in [5.74, 6) is -0.235. The van der Waals surface area contributed by atoms with E-state index in [1.807, 2.05) is 19.1 Å². The standard InChI is InChI=1S/C13H18N2O2/c1-3-17-12(16)11-8-15-9-13(11,2)10-4-6-14-7-5-10/h4-7,11,15H,3,8-9H2,1-2H3. The summed E-state index contributed by atoms with van der Waals surface area (Å²) < 4.78 is 5.15. The minimum atomic E-state index is -0.199. The number of pyridine rings is 1. The number of esters is 1. The molecule has 1 fully saturated rings. The molecule has 17 heavy (non-hydrogen) atoms. The molecule has 0 aromatic carbocycles. The molecule has 2 unspecified atom stereocenters. The molecule has 0 spiro atoms. The normalized spacial score (nSPS) is 28.0. The summed E-state index contributed by atoms with van der Waals surface area (Å²) in [4.78, 5) is 16.0. The first kappa shape index (κ1) is 12.0. The van der Waals surface area contributed by atoms with Crippen molar-refractivity contribution in [3.63, 3.8) is 0 Å². The Balaban J connectivity index is 2.26. The highest BCUT2D eigenvalue weighted by Crippen LogP contribution is 2.35. The Kier molecular flexibility index (Phi) is 3.43. The van der Waals surface area contributed by atoms with Crippen molar-refractivity contribution in [2.75, 3.05) is 19.7 Å². The molecular formula is C13H18N2O2. The minimum Gasteiger partial charge on any atom is -0.466 e. The Labute approximate surface area is 101 Å². The summed E-state index contributed by atoms with van der Waals surface area (Å²) in [5.41, 5.74) is 0.936. The fourth-order valence-electron chi connectivity index (χ4n) is 2.45. The van der Waals surface area contributed by atoms with Gasteiger partial charge in [0.15, 0.2) is 0 Å². The SMILES string of the molecule is CCOC(=O)C1CNCC1(C)c1ccncc1. The summed E-state index contributed by atoms with van der Waals surface area (Å²) in [6.45, 7) is 5.84. The molecule has 2 atom stereocenters. The van der Waals surface area contributed by atoms with Gasteiger partial charge in [0.1, 0.15) is 0 Å². The molecule has 2 heterocycles. The molecule has 0 aliphatic carbocycles. The van der Waals surface area contributed by atoms with E-state index in [2.05, 4.69) is 17.2 Å². The molecule has 0 bridgehead atoms. The van der Waals surface area contributed by atoms with Crippen LogP contribution in [0.15, 0.2) is 24.5 Å². The number of hydrogen-bond donors (Lipinski definition) is 1. The number of ether oxygens (including phenoxy) is 1. The molecule has 0 amide bonds. The van der Waals surface area contributed by atoms with Crippen LogP contribution in [-0.2, 0) is 14.9 Å². The largest absolute Gasteiger partial charge is 0.466 e. The third-order valence-corrected chi connectivity index (χ3v) is 3.52. The molecule has 1 N–H and O–H groups in total. The van der Waals surface area contributed by atoms with Crippen molar-refractivity contribution in [1.29, 1.82) is 0 Å². The lowest BCUT2D eigenvalue weighted by molar-refractivity contribution is -0.149. The Bertz CT molecular complexity index is 394. The summed E-state index contributed by atoms with van der Waals surface area (Å²) >= 11 is 0. The van der Waals surface area contributed by atoms with Crippen LogP contribution in [0.3, 0.4) is 0 Å². The number of hydrogen-bond acceptors (Lipinski definition) is 4. The van der Waals surface area contributed by atoms with Gasteiger partial charge < -0.3 is 10.1 Å². The molecule has 1 aliphatic heterocycles. The van der Waals surface area contributed by atoms with Gasteiger partial charge in [-0.25, -0.2) is 0 Å². The van der Waals surface area contributed by atoms with Crippen molar-refractivity contribution in [2.24, 2.45) is 5.92 Å². The zero-order valence-electron chi connectivity index (χ0n) is 10.3. The Morgan fingerprint density at radius 1 is 1.59 bits per heavy atom. The number of carbonyl (C=O) groups excluding carboxylic acids is 1. The molecule has 92 valence electrons. The minimum absolute atomic E-state index is 0.114. The summed E-state index contributed by atoms with van der Waals surface area (Å²) in [7, 11) is 0. The quantitative estimate of drug-likeness (QED) is 0.796. The highest BCUT2D eigenvalue weighted by atomic mass is 16.5. The van der Waals surface area contributed by atoms with Crippen LogP contribution in [0, 0.1) is 5.92 Å². The van der Waals surface area contributed by atoms with Gasteiger partial charge in [0.2, 0.25) is 0 Å². The molecule has 4 heteroatoms. The van der Waals surface area contributed by atoms with Crippen molar-refractivity contribution in [3.05, 3.63) is 30.1 Å². The van der Waals surface area contributed by atoms with E-state index < -0.39 is 0 Å². The van der Waals surface area contributed by atoms with Gasteiger partial charge in [0.05, 0.1) is 12.5 Å². The summed E-state index contributed by atoms with van der Waals surface area (Å²) in [5, 5.41) is 3.28. The number of rotatable bonds is 3. The van der Waals surface area contributed by atoms with Crippen LogP contribution < -0.4 is 5.32 Å². The predicted molar refractivity (Wildman–Crippen MR) is 64.6 cm³/mol. The van der Waals surface area contributed by atoms with Crippen molar-refractivity contribution in [2.45, 2.75) is 19.3 Å². The van der Waals surface area contributed by atoms with Gasteiger partial charge in [0, 0.05) is 30.9 Å². The van der Waals surface area contributed by atoms with E-state index >= 15 is 0 Å². The van der Waals surface area contributed by atoms with E-state index in [1.165, 1.54) is 0 Å². The van der Waals surface area contributed by atoms with Crippen LogP contribution in [0.2, 0.25) is 0 Å². The topological polar surface area (TPSA) is 51.2 Å². The van der Waals surface area contributed by atoms with E-state index in [4.69, 9.17) is 4.74 Å². The Morgan fingerprint density at radius 3 is 2.94 bits per heavy atom. The average Bonchev–Trinajstić information content (AvgIpc) is 2.74. The van der Waals surface area contributed by atoms with Gasteiger partial charge in [-0.3, -0.25) is 9.78 Å². The van der Waals surface area contributed by atoms with Crippen LogP contribution in [0.4, 0.5) is 0 Å². The molecule has 4 nitrogen and oxygen atoms in total. The van der Waals surface area contributed by atoms with Gasteiger partial charge in [-0.05, 0) is 24.6 Å². The van der Waals surface area contributed by atoms with Crippen LogP contribution >= 0.6 is 0 Å². The van der Waals surface area contributed by atoms with E-state index in [-0.39, 0.29) is 17.3 Å². The van der Waals surface area contributed by atoms with Crippen LogP contribution in [0.1, 0.15) is 19.4 Å². The first-order chi connectivity index (χ1) is 8.18. The molecule has 0 saturated carbocycles. The second-order valence-corrected chi connectivity index (χ2v) is 4.59. The van der Waals surface area contributed by atoms with Gasteiger partial charge in [0.25, 0.3) is 0 Å². The smallest absolute Gasteiger partial charge is 0.311 e. The van der Waals surface area contributed by atoms with Gasteiger partial charge in [-0.1, -0.05) is 6.92 Å². The Hall–Kier alpha value is -1.42. The van der Waals surface area contributed by atoms with Crippen LogP contribution in [0.25, 0.3) is 0 Å². The second kappa shape index (κ2) is 4.84. The van der Waals surface area contributed by atoms with Crippen molar-refractivity contribution in [1.82, 2.24) is 10.3 Å². The number of nitrogens with zero attached hydrogens (tertiary/aromatic N) is 1. The van der Waals surface area contributed by atoms with Crippen molar-refractivity contribution < 1.29 is 9.53 Å². The monoisotopic (exact) mass is 234 g/mol. The van der Waals surface area contributed by atoms with Crippen molar-refractivity contribution in [3.8, 4) is 0 Å². The Morgan fingerprint density at radius 2 is 2.29 bits per heavy atom. The second-order valence-electron chi connectivity index (χ2n) is 4.59. The van der Waals surface area contributed by atoms with Crippen molar-refractivity contribution >= 4 is 5.97 Å². The number of nitrogens with one attached hydrogen (secondary N) is 1. The van der Waals surface area contributed by atoms with Gasteiger partial charge in [-0.2, -0.15) is 0 Å². The van der Waals surface area contributed by atoms with E-state index in [0.717, 1.165) is 12.1 Å². The van der Waals surface area contributed by atoms with Gasteiger partial charge >= 0.3 is 5.97 Å². The average molecular weight is 234 g/mol. The fourth-order valence-corrected chi connectivity index (χ4v) is 2.45. The molecular weight excluding hydrogens is 216 g/mol. The lowest BCUT2D eigenvalue weighted by Crippen LogP contribution is -2.37. The first-order valence-electron chi connectivity index (χ1n) is 5.96. The fraction of sp³-hybridized carbons (Fsp3) is 0.538. The molecule has 1 saturated heterocycles. The number of carbonyl (C=O) groups is 1. The maximum Gasteiger partial charge on any atom is 0.311 e. The highest BCUT2D eigenvalue weighted by Gasteiger charge is 2.45. The third kappa shape index (κ3) is 2.17. The maximum atomic E-state index is 12.0. The molecule has 1 aromatic rings. The first-order valence-corrected chi connectivity index (χ1v) is 5.96. The predicted octanol–water partition coefficient (Wildman–Crippen LogP) is 1.12. The van der Waals surface area contributed by atoms with E-state index in [9.17, 15) is 4.79 Å². The molecule has 1 aliphatic rings. The summed E-state index contributed by atoms with van der Waals surface area (Å²) in [6, 6.07) is 3.94. The lowest BCUT2D eigenvalue weighted by Gasteiger charge is -2.29. The highest BCUT2D eigenvalue weighted by molar-refractivity contribution is 5.75. The van der Waals surface area contributed by atoms with Crippen LogP contribution in [-0.4, -0.2) is 30.6 Å². The van der Waals surface area contributed by atoms with E-state index in [1.54, 1.807) is 12.4 Å². The zero-order chi connectivity index (χ0) is 12.3. The van der Waals surface area contributed by atoms with E-state index in [0.29, 0.717) is 13.2 Å². The molecule has 2 rings (SSSR count).